The maximum atomic E-state index is 13.3. The SMILES string of the molecule is Fc1cc(CN2CC3(CCNCC3)C2)ccc1Cl. The zero-order valence-electron chi connectivity index (χ0n) is 10.4. The van der Waals surface area contributed by atoms with Crippen molar-refractivity contribution in [3.8, 4) is 0 Å². The van der Waals surface area contributed by atoms with Gasteiger partial charge in [-0.3, -0.25) is 4.90 Å². The van der Waals surface area contributed by atoms with E-state index in [1.54, 1.807) is 12.1 Å². The van der Waals surface area contributed by atoms with Gasteiger partial charge in [0.2, 0.25) is 0 Å². The zero-order valence-corrected chi connectivity index (χ0v) is 11.1. The number of halogens is 2. The molecule has 0 radical (unpaired) electrons. The molecule has 98 valence electrons. The van der Waals surface area contributed by atoms with Gasteiger partial charge in [0.25, 0.3) is 0 Å². The third-order valence-corrected chi connectivity index (χ3v) is 4.48. The molecule has 18 heavy (non-hydrogen) atoms. The molecule has 2 aliphatic rings. The largest absolute Gasteiger partial charge is 0.317 e. The van der Waals surface area contributed by atoms with Gasteiger partial charge in [-0.25, -0.2) is 4.39 Å². The molecule has 0 unspecified atom stereocenters. The Bertz CT molecular complexity index is 435. The van der Waals surface area contributed by atoms with E-state index in [-0.39, 0.29) is 10.8 Å². The van der Waals surface area contributed by atoms with E-state index in [4.69, 9.17) is 11.6 Å². The average molecular weight is 269 g/mol. The summed E-state index contributed by atoms with van der Waals surface area (Å²) < 4.78 is 13.3. The molecule has 2 heterocycles. The molecule has 0 saturated carbocycles. The molecule has 0 aliphatic carbocycles. The lowest BCUT2D eigenvalue weighted by Crippen LogP contribution is -2.59. The van der Waals surface area contributed by atoms with Crippen molar-refractivity contribution in [3.05, 3.63) is 34.6 Å². The fourth-order valence-electron chi connectivity index (χ4n) is 3.18. The molecule has 1 aromatic rings. The second-order valence-electron chi connectivity index (χ2n) is 5.64. The van der Waals surface area contributed by atoms with Gasteiger partial charge in [0.15, 0.2) is 0 Å². The highest BCUT2D eigenvalue weighted by molar-refractivity contribution is 6.30. The number of piperidine rings is 1. The van der Waals surface area contributed by atoms with Crippen LogP contribution in [0, 0.1) is 11.2 Å². The lowest BCUT2D eigenvalue weighted by molar-refractivity contribution is -0.0282. The van der Waals surface area contributed by atoms with E-state index in [2.05, 4.69) is 10.2 Å². The first kappa shape index (κ1) is 12.4. The Morgan fingerprint density at radius 3 is 2.67 bits per heavy atom. The number of likely N-dealkylation sites (tertiary alicyclic amines) is 1. The molecular formula is C14H18ClFN2. The van der Waals surface area contributed by atoms with Gasteiger partial charge in [0.1, 0.15) is 5.82 Å². The van der Waals surface area contributed by atoms with Gasteiger partial charge >= 0.3 is 0 Å². The van der Waals surface area contributed by atoms with E-state index in [0.717, 1.165) is 38.3 Å². The van der Waals surface area contributed by atoms with Gasteiger partial charge in [-0.15, -0.1) is 0 Å². The second kappa shape index (κ2) is 4.80. The number of hydrogen-bond donors (Lipinski definition) is 1. The van der Waals surface area contributed by atoms with Crippen LogP contribution in [0.5, 0.6) is 0 Å². The van der Waals surface area contributed by atoms with E-state index >= 15 is 0 Å². The van der Waals surface area contributed by atoms with E-state index in [1.807, 2.05) is 6.07 Å². The van der Waals surface area contributed by atoms with Crippen LogP contribution in [0.2, 0.25) is 5.02 Å². The van der Waals surface area contributed by atoms with Crippen molar-refractivity contribution in [3.63, 3.8) is 0 Å². The van der Waals surface area contributed by atoms with E-state index < -0.39 is 0 Å². The summed E-state index contributed by atoms with van der Waals surface area (Å²) in [6.45, 7) is 5.42. The van der Waals surface area contributed by atoms with Crippen LogP contribution in [0.3, 0.4) is 0 Å². The summed E-state index contributed by atoms with van der Waals surface area (Å²) in [4.78, 5) is 2.40. The van der Waals surface area contributed by atoms with E-state index in [9.17, 15) is 4.39 Å². The minimum absolute atomic E-state index is 0.206. The van der Waals surface area contributed by atoms with E-state index in [0.29, 0.717) is 5.41 Å². The van der Waals surface area contributed by atoms with Crippen LogP contribution in [-0.2, 0) is 6.54 Å². The summed E-state index contributed by atoms with van der Waals surface area (Å²) in [6.07, 6.45) is 2.55. The Kier molecular flexibility index (Phi) is 3.31. The van der Waals surface area contributed by atoms with E-state index in [1.165, 1.54) is 12.8 Å². The summed E-state index contributed by atoms with van der Waals surface area (Å²) in [6, 6.07) is 5.11. The first-order chi connectivity index (χ1) is 8.67. The van der Waals surface area contributed by atoms with Crippen LogP contribution in [0.25, 0.3) is 0 Å². The standard InChI is InChI=1S/C14H18ClFN2/c15-12-2-1-11(7-13(12)16)8-18-9-14(10-18)3-5-17-6-4-14/h1-2,7,17H,3-6,8-10H2. The molecule has 0 aromatic heterocycles. The predicted molar refractivity (Wildman–Crippen MR) is 71.2 cm³/mol. The van der Waals surface area contributed by atoms with Crippen LogP contribution in [0.1, 0.15) is 18.4 Å². The van der Waals surface area contributed by atoms with Crippen LogP contribution in [0.4, 0.5) is 4.39 Å². The second-order valence-corrected chi connectivity index (χ2v) is 6.05. The summed E-state index contributed by atoms with van der Waals surface area (Å²) in [5.74, 6) is -0.314. The molecular weight excluding hydrogens is 251 g/mol. The smallest absolute Gasteiger partial charge is 0.142 e. The van der Waals surface area contributed by atoms with Crippen molar-refractivity contribution in [2.45, 2.75) is 19.4 Å². The molecule has 0 atom stereocenters. The summed E-state index contributed by atoms with van der Waals surface area (Å²) in [5, 5.41) is 3.61. The molecule has 1 aromatic carbocycles. The molecule has 2 aliphatic heterocycles. The quantitative estimate of drug-likeness (QED) is 0.887. The minimum Gasteiger partial charge on any atom is -0.317 e. The number of hydrogen-bond acceptors (Lipinski definition) is 2. The van der Waals surface area contributed by atoms with Crippen molar-refractivity contribution in [1.82, 2.24) is 10.2 Å². The average Bonchev–Trinajstić information content (AvgIpc) is 2.33. The van der Waals surface area contributed by atoms with Gasteiger partial charge in [0, 0.05) is 19.6 Å². The fraction of sp³-hybridized carbons (Fsp3) is 0.571. The molecule has 0 amide bonds. The van der Waals surface area contributed by atoms with Crippen molar-refractivity contribution < 1.29 is 4.39 Å². The van der Waals surface area contributed by atoms with Crippen LogP contribution < -0.4 is 5.32 Å². The summed E-state index contributed by atoms with van der Waals surface area (Å²) in [7, 11) is 0. The highest BCUT2D eigenvalue weighted by atomic mass is 35.5. The Morgan fingerprint density at radius 1 is 1.28 bits per heavy atom. The fourth-order valence-corrected chi connectivity index (χ4v) is 3.30. The lowest BCUT2D eigenvalue weighted by atomic mass is 9.72. The van der Waals surface area contributed by atoms with Crippen LogP contribution in [-0.4, -0.2) is 31.1 Å². The van der Waals surface area contributed by atoms with Crippen molar-refractivity contribution in [1.29, 1.82) is 0 Å². The number of nitrogens with zero attached hydrogens (tertiary/aromatic N) is 1. The molecule has 0 bridgehead atoms. The Labute approximate surface area is 112 Å². The maximum Gasteiger partial charge on any atom is 0.142 e. The summed E-state index contributed by atoms with van der Waals surface area (Å²) >= 11 is 5.69. The number of nitrogens with one attached hydrogen (secondary N) is 1. The van der Waals surface area contributed by atoms with Gasteiger partial charge in [-0.2, -0.15) is 0 Å². The monoisotopic (exact) mass is 268 g/mol. The van der Waals surface area contributed by atoms with Crippen LogP contribution in [0.15, 0.2) is 18.2 Å². The van der Waals surface area contributed by atoms with Crippen molar-refractivity contribution in [2.75, 3.05) is 26.2 Å². The van der Waals surface area contributed by atoms with Gasteiger partial charge in [-0.05, 0) is 49.0 Å². The molecule has 1 spiro atoms. The normalized spacial score (nSPS) is 23.0. The molecule has 1 N–H and O–H groups in total. The Hall–Kier alpha value is -0.640. The number of benzene rings is 1. The third-order valence-electron chi connectivity index (χ3n) is 4.17. The predicted octanol–water partition coefficient (Wildman–Crippen LogP) is 2.66. The Balaban J connectivity index is 1.57. The van der Waals surface area contributed by atoms with Gasteiger partial charge in [0.05, 0.1) is 5.02 Å². The Morgan fingerprint density at radius 2 is 2.00 bits per heavy atom. The van der Waals surface area contributed by atoms with Gasteiger partial charge < -0.3 is 5.32 Å². The van der Waals surface area contributed by atoms with Crippen LogP contribution >= 0.6 is 11.6 Å². The first-order valence-electron chi connectivity index (χ1n) is 6.54. The molecule has 3 rings (SSSR count). The zero-order chi connectivity index (χ0) is 12.6. The lowest BCUT2D eigenvalue weighted by Gasteiger charge is -2.52. The topological polar surface area (TPSA) is 15.3 Å². The summed E-state index contributed by atoms with van der Waals surface area (Å²) in [5.41, 5.74) is 1.55. The molecule has 2 saturated heterocycles. The third kappa shape index (κ3) is 2.40. The maximum absolute atomic E-state index is 13.3. The highest BCUT2D eigenvalue weighted by Gasteiger charge is 2.42. The van der Waals surface area contributed by atoms with Gasteiger partial charge in [-0.1, -0.05) is 17.7 Å². The van der Waals surface area contributed by atoms with Crippen molar-refractivity contribution >= 4 is 11.6 Å². The highest BCUT2D eigenvalue weighted by Crippen LogP contribution is 2.39. The molecule has 4 heteroatoms. The molecule has 2 fully saturated rings. The minimum atomic E-state index is -0.314. The molecule has 2 nitrogen and oxygen atoms in total. The van der Waals surface area contributed by atoms with Crippen molar-refractivity contribution in [2.24, 2.45) is 5.41 Å². The number of rotatable bonds is 2. The first-order valence-corrected chi connectivity index (χ1v) is 6.92.